The maximum atomic E-state index is 13.1. The van der Waals surface area contributed by atoms with E-state index >= 15 is 0 Å². The van der Waals surface area contributed by atoms with Gasteiger partial charge in [-0.15, -0.1) is 0 Å². The van der Waals surface area contributed by atoms with Gasteiger partial charge in [0.25, 0.3) is 0 Å². The minimum Gasteiger partial charge on any atom is -0.316 e. The monoisotopic (exact) mass is 261 g/mol. The van der Waals surface area contributed by atoms with Crippen molar-refractivity contribution in [1.82, 2.24) is 0 Å². The van der Waals surface area contributed by atoms with Crippen LogP contribution in [0.5, 0.6) is 0 Å². The van der Waals surface area contributed by atoms with Gasteiger partial charge in [0, 0.05) is 5.56 Å². The van der Waals surface area contributed by atoms with Gasteiger partial charge in [0.15, 0.2) is 0 Å². The first kappa shape index (κ1) is 13.8. The largest absolute Gasteiger partial charge is 0.416 e. The Morgan fingerprint density at radius 2 is 1.53 bits per heavy atom. The Hall–Kier alpha value is -1.31. The summed E-state index contributed by atoms with van der Waals surface area (Å²) < 4.78 is 86.9. The first-order chi connectivity index (χ1) is 7.55. The van der Waals surface area contributed by atoms with Crippen LogP contribution in [0.2, 0.25) is 0 Å². The number of halogens is 7. The van der Waals surface area contributed by atoms with Gasteiger partial charge >= 0.3 is 12.4 Å². The van der Waals surface area contributed by atoms with E-state index in [1.165, 1.54) is 0 Å². The Morgan fingerprint density at radius 1 is 1.00 bits per heavy atom. The van der Waals surface area contributed by atoms with E-state index in [-0.39, 0.29) is 0 Å². The maximum absolute atomic E-state index is 13.1. The van der Waals surface area contributed by atoms with Crippen LogP contribution < -0.4 is 5.73 Å². The van der Waals surface area contributed by atoms with Gasteiger partial charge in [-0.25, -0.2) is 4.39 Å². The summed E-state index contributed by atoms with van der Waals surface area (Å²) in [6.45, 7) is 0. The highest BCUT2D eigenvalue weighted by Gasteiger charge is 2.45. The number of benzene rings is 1. The fraction of sp³-hybridized carbons (Fsp3) is 0.333. The van der Waals surface area contributed by atoms with Crippen molar-refractivity contribution in [1.29, 1.82) is 0 Å². The first-order valence-corrected chi connectivity index (χ1v) is 4.23. The molecule has 0 saturated heterocycles. The van der Waals surface area contributed by atoms with E-state index in [0.29, 0.717) is 18.2 Å². The van der Waals surface area contributed by atoms with Crippen LogP contribution in [0.15, 0.2) is 18.2 Å². The van der Waals surface area contributed by atoms with E-state index in [0.717, 1.165) is 0 Å². The van der Waals surface area contributed by atoms with Gasteiger partial charge in [-0.05, 0) is 12.1 Å². The molecule has 2 N–H and O–H groups in total. The van der Waals surface area contributed by atoms with Gasteiger partial charge in [-0.2, -0.15) is 26.3 Å². The zero-order valence-corrected chi connectivity index (χ0v) is 8.03. The summed E-state index contributed by atoms with van der Waals surface area (Å²) in [5.74, 6) is -1.63. The topological polar surface area (TPSA) is 26.0 Å². The van der Waals surface area contributed by atoms with Crippen molar-refractivity contribution in [3.05, 3.63) is 35.1 Å². The highest BCUT2D eigenvalue weighted by atomic mass is 19.4. The van der Waals surface area contributed by atoms with Crippen molar-refractivity contribution in [3.8, 4) is 0 Å². The molecule has 0 heterocycles. The lowest BCUT2D eigenvalue weighted by atomic mass is 9.99. The fourth-order valence-corrected chi connectivity index (χ4v) is 1.26. The molecule has 0 aliphatic carbocycles. The van der Waals surface area contributed by atoms with Crippen molar-refractivity contribution >= 4 is 0 Å². The predicted octanol–water partition coefficient (Wildman–Crippen LogP) is 3.41. The molecular formula is C9H6F7N. The predicted molar refractivity (Wildman–Crippen MR) is 44.4 cm³/mol. The Morgan fingerprint density at radius 3 is 1.94 bits per heavy atom. The Balaban J connectivity index is 3.41. The molecule has 17 heavy (non-hydrogen) atoms. The van der Waals surface area contributed by atoms with Crippen LogP contribution >= 0.6 is 0 Å². The van der Waals surface area contributed by atoms with Gasteiger partial charge in [0.1, 0.15) is 11.9 Å². The number of alkyl halides is 6. The van der Waals surface area contributed by atoms with Crippen molar-refractivity contribution < 1.29 is 30.7 Å². The van der Waals surface area contributed by atoms with Crippen molar-refractivity contribution in [3.63, 3.8) is 0 Å². The van der Waals surface area contributed by atoms with E-state index in [2.05, 4.69) is 5.73 Å². The molecule has 0 spiro atoms. The van der Waals surface area contributed by atoms with E-state index < -0.39 is 35.3 Å². The van der Waals surface area contributed by atoms with Crippen molar-refractivity contribution in [2.24, 2.45) is 5.73 Å². The number of nitrogens with two attached hydrogens (primary N) is 1. The molecular weight excluding hydrogens is 255 g/mol. The summed E-state index contributed by atoms with van der Waals surface area (Å²) >= 11 is 0. The van der Waals surface area contributed by atoms with Crippen LogP contribution in [0.1, 0.15) is 17.2 Å². The van der Waals surface area contributed by atoms with Crippen LogP contribution in [0.25, 0.3) is 0 Å². The molecule has 0 amide bonds. The third-order valence-corrected chi connectivity index (χ3v) is 2.02. The molecule has 0 aliphatic rings. The van der Waals surface area contributed by atoms with Crippen molar-refractivity contribution in [2.75, 3.05) is 0 Å². The second kappa shape index (κ2) is 4.17. The molecule has 96 valence electrons. The van der Waals surface area contributed by atoms with Gasteiger partial charge in [0.05, 0.1) is 5.56 Å². The van der Waals surface area contributed by atoms with Crippen LogP contribution in [-0.4, -0.2) is 6.18 Å². The number of rotatable bonds is 1. The highest BCUT2D eigenvalue weighted by molar-refractivity contribution is 5.34. The smallest absolute Gasteiger partial charge is 0.316 e. The van der Waals surface area contributed by atoms with E-state index in [4.69, 9.17) is 0 Å². The third kappa shape index (κ3) is 2.87. The quantitative estimate of drug-likeness (QED) is 0.770. The number of hydrogen-bond acceptors (Lipinski definition) is 1. The van der Waals surface area contributed by atoms with Gasteiger partial charge in [-0.3, -0.25) is 0 Å². The van der Waals surface area contributed by atoms with E-state index in [9.17, 15) is 30.7 Å². The summed E-state index contributed by atoms with van der Waals surface area (Å²) in [5, 5.41) is 0. The molecule has 1 aromatic rings. The molecule has 0 saturated carbocycles. The average Bonchev–Trinajstić information content (AvgIpc) is 2.13. The van der Waals surface area contributed by atoms with Crippen molar-refractivity contribution in [2.45, 2.75) is 18.4 Å². The minimum absolute atomic E-state index is 0.351. The van der Waals surface area contributed by atoms with Crippen LogP contribution in [0.3, 0.4) is 0 Å². The molecule has 0 fully saturated rings. The Bertz CT molecular complexity index is 407. The van der Waals surface area contributed by atoms with Crippen LogP contribution in [-0.2, 0) is 6.18 Å². The molecule has 8 heteroatoms. The number of hydrogen-bond donors (Lipinski definition) is 1. The molecule has 0 aliphatic heterocycles. The van der Waals surface area contributed by atoms with Gasteiger partial charge < -0.3 is 5.73 Å². The summed E-state index contributed by atoms with van der Waals surface area (Å²) in [6, 6.07) is -1.49. The molecule has 0 unspecified atom stereocenters. The first-order valence-electron chi connectivity index (χ1n) is 4.23. The lowest BCUT2D eigenvalue weighted by Crippen LogP contribution is -2.31. The van der Waals surface area contributed by atoms with Crippen LogP contribution in [0, 0.1) is 5.82 Å². The third-order valence-electron chi connectivity index (χ3n) is 2.02. The minimum atomic E-state index is -5.15. The second-order valence-electron chi connectivity index (χ2n) is 3.22. The highest BCUT2D eigenvalue weighted by Crippen LogP contribution is 2.40. The SMILES string of the molecule is N[C@H](c1c(F)cccc1C(F)(F)F)C(F)(F)F. The molecule has 0 radical (unpaired) electrons. The molecule has 1 aromatic carbocycles. The second-order valence-corrected chi connectivity index (χ2v) is 3.22. The summed E-state index contributed by atoms with van der Waals surface area (Å²) in [4.78, 5) is 0. The fourth-order valence-electron chi connectivity index (χ4n) is 1.26. The lowest BCUT2D eigenvalue weighted by molar-refractivity contribution is -0.156. The zero-order valence-electron chi connectivity index (χ0n) is 8.03. The normalized spacial score (nSPS) is 14.8. The molecule has 0 bridgehead atoms. The maximum Gasteiger partial charge on any atom is 0.416 e. The molecule has 1 atom stereocenters. The summed E-state index contributed by atoms with van der Waals surface area (Å²) in [5.41, 5.74) is 1.30. The molecule has 0 aromatic heterocycles. The van der Waals surface area contributed by atoms with Crippen LogP contribution in [0.4, 0.5) is 30.7 Å². The van der Waals surface area contributed by atoms with Gasteiger partial charge in [0.2, 0.25) is 0 Å². The Kier molecular flexibility index (Phi) is 3.37. The Labute approximate surface area is 91.0 Å². The summed E-state index contributed by atoms with van der Waals surface area (Å²) in [6.07, 6.45) is -10.2. The van der Waals surface area contributed by atoms with E-state index in [1.54, 1.807) is 0 Å². The molecule has 1 nitrogen and oxygen atoms in total. The van der Waals surface area contributed by atoms with E-state index in [1.807, 2.05) is 0 Å². The lowest BCUT2D eigenvalue weighted by Gasteiger charge is -2.20. The zero-order chi connectivity index (χ0) is 13.4. The standard InChI is InChI=1S/C9H6F7N/c10-5-3-1-2-4(8(11,12)13)6(5)7(17)9(14,15)16/h1-3,7H,17H2/t7-/m1/s1. The average molecular weight is 261 g/mol. The molecule has 1 rings (SSSR count). The summed E-state index contributed by atoms with van der Waals surface area (Å²) in [7, 11) is 0. The van der Waals surface area contributed by atoms with Gasteiger partial charge in [-0.1, -0.05) is 6.07 Å².